The van der Waals surface area contributed by atoms with Crippen molar-refractivity contribution in [3.05, 3.63) is 39.8 Å². The average molecular weight is 638 g/mol. The van der Waals surface area contributed by atoms with Gasteiger partial charge in [-0.1, -0.05) is 32.0 Å². The molecular formula is C35H47N3O4S2. The van der Waals surface area contributed by atoms with E-state index < -0.39 is 0 Å². The third-order valence-corrected chi connectivity index (χ3v) is 11.7. The number of amides is 2. The molecule has 44 heavy (non-hydrogen) atoms. The number of nitrogens with zero attached hydrogens (tertiary/aromatic N) is 1. The van der Waals surface area contributed by atoms with E-state index in [-0.39, 0.29) is 17.7 Å². The number of rotatable bonds is 12. The van der Waals surface area contributed by atoms with Gasteiger partial charge in [0.1, 0.15) is 16.5 Å². The molecule has 9 heteroatoms. The highest BCUT2D eigenvalue weighted by Gasteiger charge is 2.36. The highest BCUT2D eigenvalue weighted by molar-refractivity contribution is 7.80. The Labute approximate surface area is 271 Å². The Morgan fingerprint density at radius 2 is 1.82 bits per heavy atom. The van der Waals surface area contributed by atoms with Gasteiger partial charge in [-0.05, 0) is 93.2 Å². The van der Waals surface area contributed by atoms with Gasteiger partial charge in [-0.15, -0.1) is 11.3 Å². The molecule has 0 spiro atoms. The molecule has 2 unspecified atom stereocenters. The molecule has 2 aromatic rings. The van der Waals surface area contributed by atoms with E-state index in [1.54, 1.807) is 25.6 Å². The molecule has 1 aromatic heterocycles. The van der Waals surface area contributed by atoms with Crippen molar-refractivity contribution >= 4 is 45.4 Å². The van der Waals surface area contributed by atoms with E-state index in [1.807, 2.05) is 12.1 Å². The van der Waals surface area contributed by atoms with Crippen LogP contribution in [0.25, 0.3) is 0 Å². The van der Waals surface area contributed by atoms with Crippen LogP contribution < -0.4 is 20.1 Å². The van der Waals surface area contributed by atoms with Gasteiger partial charge >= 0.3 is 0 Å². The minimum atomic E-state index is -0.0343. The molecule has 0 bridgehead atoms. The predicted octanol–water partition coefficient (Wildman–Crippen LogP) is 7.16. The number of carbonyl (C=O) groups is 2. The Morgan fingerprint density at radius 1 is 1.02 bits per heavy atom. The van der Waals surface area contributed by atoms with Crippen LogP contribution in [-0.4, -0.2) is 48.5 Å². The van der Waals surface area contributed by atoms with Gasteiger partial charge in [0.25, 0.3) is 5.91 Å². The molecule has 4 aliphatic rings. The molecule has 0 aliphatic heterocycles. The summed E-state index contributed by atoms with van der Waals surface area (Å²) in [7, 11) is 3.39. The lowest BCUT2D eigenvalue weighted by Gasteiger charge is -2.41. The maximum absolute atomic E-state index is 13.6. The van der Waals surface area contributed by atoms with Gasteiger partial charge in [0, 0.05) is 48.0 Å². The first-order valence-electron chi connectivity index (χ1n) is 16.6. The number of fused-ring (bicyclic) bond motifs is 1. The molecule has 4 aliphatic carbocycles. The van der Waals surface area contributed by atoms with E-state index in [0.717, 1.165) is 84.1 Å². The molecular weight excluding hydrogens is 591 g/mol. The van der Waals surface area contributed by atoms with Crippen LogP contribution in [0.1, 0.15) is 97.5 Å². The Hall–Kier alpha value is -2.65. The highest BCUT2D eigenvalue weighted by atomic mass is 32.1. The number of benzene rings is 1. The van der Waals surface area contributed by atoms with Gasteiger partial charge in [0.05, 0.1) is 24.8 Å². The molecule has 1 heterocycles. The largest absolute Gasteiger partial charge is 0.497 e. The third-order valence-electron chi connectivity index (χ3n) is 10.1. The molecule has 3 fully saturated rings. The van der Waals surface area contributed by atoms with Gasteiger partial charge < -0.3 is 25.0 Å². The third kappa shape index (κ3) is 7.25. The summed E-state index contributed by atoms with van der Waals surface area (Å²) in [5, 5.41) is 7.07. The summed E-state index contributed by atoms with van der Waals surface area (Å²) < 4.78 is 11.2. The standard InChI is InChI=1S/C35H47N3O4S2/c1-21-6-4-5-7-28(21)38(20-25-13-14-26(41-2)18-29(25)42-3)31(43)17-23-10-15-30-27(16-23)32(34(40)36-19-22-8-9-22)35(44-30)37-33(39)24-11-12-24/h13-14,18,21-24,28H,4-12,15-17,19-20H2,1-3H3,(H,36,40)(H,37,39)/t21?,23-,28?/m0/s1. The van der Waals surface area contributed by atoms with Gasteiger partial charge in [-0.25, -0.2) is 0 Å². The lowest BCUT2D eigenvalue weighted by Crippen LogP contribution is -2.45. The Kier molecular flexibility index (Phi) is 9.81. The van der Waals surface area contributed by atoms with E-state index in [9.17, 15) is 9.59 Å². The number of thiophene rings is 1. The van der Waals surface area contributed by atoms with Crippen molar-refractivity contribution < 1.29 is 19.1 Å². The minimum Gasteiger partial charge on any atom is -0.497 e. The van der Waals surface area contributed by atoms with Crippen molar-refractivity contribution in [2.24, 2.45) is 23.7 Å². The van der Waals surface area contributed by atoms with Crippen LogP contribution in [-0.2, 0) is 24.2 Å². The molecule has 3 saturated carbocycles. The normalized spacial score (nSPS) is 22.9. The van der Waals surface area contributed by atoms with Gasteiger partial charge in [0.2, 0.25) is 5.91 Å². The van der Waals surface area contributed by atoms with Crippen LogP contribution in [0.3, 0.4) is 0 Å². The van der Waals surface area contributed by atoms with E-state index in [2.05, 4.69) is 28.5 Å². The van der Waals surface area contributed by atoms with Crippen LogP contribution in [0.15, 0.2) is 18.2 Å². The summed E-state index contributed by atoms with van der Waals surface area (Å²) in [6.07, 6.45) is 12.7. The topological polar surface area (TPSA) is 79.9 Å². The van der Waals surface area contributed by atoms with Gasteiger partial charge in [-0.3, -0.25) is 9.59 Å². The van der Waals surface area contributed by atoms with Gasteiger partial charge in [0.15, 0.2) is 0 Å². The molecule has 7 nitrogen and oxygen atoms in total. The lowest BCUT2D eigenvalue weighted by molar-refractivity contribution is -0.117. The first-order valence-corrected chi connectivity index (χ1v) is 17.8. The lowest BCUT2D eigenvalue weighted by atomic mass is 9.82. The fourth-order valence-electron chi connectivity index (χ4n) is 7.05. The molecule has 2 N–H and O–H groups in total. The Morgan fingerprint density at radius 3 is 2.52 bits per heavy atom. The zero-order valence-corrected chi connectivity index (χ0v) is 28.0. The summed E-state index contributed by atoms with van der Waals surface area (Å²) in [5.41, 5.74) is 2.95. The van der Waals surface area contributed by atoms with Crippen LogP contribution in [0.5, 0.6) is 11.5 Å². The zero-order chi connectivity index (χ0) is 30.8. The number of thiocarbonyl (C=S) groups is 1. The second kappa shape index (κ2) is 13.8. The van der Waals surface area contributed by atoms with E-state index in [1.165, 1.54) is 37.0 Å². The predicted molar refractivity (Wildman–Crippen MR) is 180 cm³/mol. The number of hydrogen-bond acceptors (Lipinski definition) is 6. The summed E-state index contributed by atoms with van der Waals surface area (Å²) in [6, 6.07) is 6.45. The molecule has 0 radical (unpaired) electrons. The molecule has 6 rings (SSSR count). The number of nitrogens with one attached hydrogen (secondary N) is 2. The minimum absolute atomic E-state index is 0.0343. The van der Waals surface area contributed by atoms with Crippen LogP contribution >= 0.6 is 23.6 Å². The fraction of sp³-hybridized carbons (Fsp3) is 0.629. The van der Waals surface area contributed by atoms with Crippen molar-refractivity contribution in [2.45, 2.75) is 96.6 Å². The highest BCUT2D eigenvalue weighted by Crippen LogP contribution is 2.43. The van der Waals surface area contributed by atoms with Crippen molar-refractivity contribution in [3.8, 4) is 11.5 Å². The van der Waals surface area contributed by atoms with Crippen molar-refractivity contribution in [1.29, 1.82) is 0 Å². The monoisotopic (exact) mass is 637 g/mol. The molecule has 238 valence electrons. The Balaban J connectivity index is 1.22. The SMILES string of the molecule is COc1ccc(CN(C(=S)C[C@H]2CCc3sc(NC(=O)C4CC4)c(C(=O)NCC4CC4)c3C2)C2CCCCC2C)c(OC)c1. The van der Waals surface area contributed by atoms with E-state index in [4.69, 9.17) is 21.7 Å². The Bertz CT molecular complexity index is 1380. The second-order valence-corrected chi connectivity index (χ2v) is 15.0. The molecule has 1 aromatic carbocycles. The average Bonchev–Trinajstić information content (AvgIpc) is 3.96. The van der Waals surface area contributed by atoms with Crippen molar-refractivity contribution in [1.82, 2.24) is 10.2 Å². The summed E-state index contributed by atoms with van der Waals surface area (Å²) >= 11 is 7.91. The first-order chi connectivity index (χ1) is 21.3. The number of aryl methyl sites for hydroxylation is 1. The molecule has 0 saturated heterocycles. The number of ether oxygens (including phenoxy) is 2. The van der Waals surface area contributed by atoms with Crippen LogP contribution in [0.2, 0.25) is 0 Å². The van der Waals surface area contributed by atoms with Crippen molar-refractivity contribution in [3.63, 3.8) is 0 Å². The second-order valence-electron chi connectivity index (χ2n) is 13.5. The number of methoxy groups -OCH3 is 2. The van der Waals surface area contributed by atoms with E-state index >= 15 is 0 Å². The van der Waals surface area contributed by atoms with Crippen LogP contribution in [0, 0.1) is 23.7 Å². The summed E-state index contributed by atoms with van der Waals surface area (Å²) in [4.78, 5) is 31.1. The maximum Gasteiger partial charge on any atom is 0.254 e. The quantitative estimate of drug-likeness (QED) is 0.241. The maximum atomic E-state index is 13.6. The number of anilines is 1. The molecule has 3 atom stereocenters. The zero-order valence-electron chi connectivity index (χ0n) is 26.4. The van der Waals surface area contributed by atoms with Gasteiger partial charge in [-0.2, -0.15) is 0 Å². The number of carbonyl (C=O) groups excluding carboxylic acids is 2. The summed E-state index contributed by atoms with van der Waals surface area (Å²) in [5.74, 6) is 3.25. The van der Waals surface area contributed by atoms with Crippen LogP contribution in [0.4, 0.5) is 5.00 Å². The first kappa shape index (κ1) is 31.3. The summed E-state index contributed by atoms with van der Waals surface area (Å²) in [6.45, 7) is 3.80. The smallest absolute Gasteiger partial charge is 0.254 e. The number of hydrogen-bond donors (Lipinski definition) is 2. The van der Waals surface area contributed by atoms with Crippen molar-refractivity contribution in [2.75, 3.05) is 26.1 Å². The molecule has 2 amide bonds. The fourth-order valence-corrected chi connectivity index (χ4v) is 8.73. The van der Waals surface area contributed by atoms with E-state index in [0.29, 0.717) is 35.9 Å².